The highest BCUT2D eigenvalue weighted by Crippen LogP contribution is 2.23. The summed E-state index contributed by atoms with van der Waals surface area (Å²) in [5, 5.41) is 5.11. The molecule has 1 fully saturated rings. The van der Waals surface area contributed by atoms with E-state index in [1.165, 1.54) is 18.6 Å². The predicted octanol–water partition coefficient (Wildman–Crippen LogP) is 0.860. The molecule has 0 saturated carbocycles. The molecule has 128 valence electrons. The van der Waals surface area contributed by atoms with Crippen LogP contribution in [0.5, 0.6) is 0 Å². The molecule has 1 aliphatic rings. The van der Waals surface area contributed by atoms with Crippen LogP contribution in [-0.2, 0) is 7.05 Å². The standard InChI is InChI=1S/C16H16FN7O/c1-22-14-13(9-21-22)15(20-10-19-14)23-2-4-24(5-3-23)16(25)11-6-12(17)8-18-7-11/h6-10H,2-5H2,1H3. The van der Waals surface area contributed by atoms with E-state index in [2.05, 4.69) is 25.0 Å². The van der Waals surface area contributed by atoms with Gasteiger partial charge in [-0.3, -0.25) is 14.5 Å². The van der Waals surface area contributed by atoms with Gasteiger partial charge in [-0.05, 0) is 6.07 Å². The molecule has 0 radical (unpaired) electrons. The second-order valence-corrected chi connectivity index (χ2v) is 5.87. The summed E-state index contributed by atoms with van der Waals surface area (Å²) in [5.41, 5.74) is 1.04. The fraction of sp³-hybridized carbons (Fsp3) is 0.312. The maximum Gasteiger partial charge on any atom is 0.255 e. The molecule has 8 nitrogen and oxygen atoms in total. The zero-order valence-electron chi connectivity index (χ0n) is 13.6. The molecule has 0 aliphatic carbocycles. The van der Waals surface area contributed by atoms with Crippen LogP contribution in [0.2, 0.25) is 0 Å². The number of hydrogen-bond acceptors (Lipinski definition) is 6. The van der Waals surface area contributed by atoms with Crippen molar-refractivity contribution in [1.29, 1.82) is 0 Å². The molecule has 0 spiro atoms. The van der Waals surface area contributed by atoms with Crippen molar-refractivity contribution in [2.45, 2.75) is 0 Å². The molecule has 3 aromatic rings. The van der Waals surface area contributed by atoms with Crippen LogP contribution in [0.4, 0.5) is 10.2 Å². The third-order valence-corrected chi connectivity index (χ3v) is 4.33. The Bertz CT molecular complexity index is 933. The van der Waals surface area contributed by atoms with Gasteiger partial charge in [-0.25, -0.2) is 14.4 Å². The maximum atomic E-state index is 13.3. The lowest BCUT2D eigenvalue weighted by Crippen LogP contribution is -2.49. The van der Waals surface area contributed by atoms with Gasteiger partial charge in [-0.2, -0.15) is 5.10 Å². The van der Waals surface area contributed by atoms with Crippen LogP contribution >= 0.6 is 0 Å². The number of pyridine rings is 1. The van der Waals surface area contributed by atoms with Gasteiger partial charge in [0.2, 0.25) is 0 Å². The summed E-state index contributed by atoms with van der Waals surface area (Å²) in [6.45, 7) is 2.33. The predicted molar refractivity (Wildman–Crippen MR) is 88.6 cm³/mol. The van der Waals surface area contributed by atoms with Crippen LogP contribution in [0.25, 0.3) is 11.0 Å². The molecule has 3 aromatic heterocycles. The molecule has 0 aromatic carbocycles. The van der Waals surface area contributed by atoms with Crippen molar-refractivity contribution in [2.75, 3.05) is 31.1 Å². The second kappa shape index (κ2) is 6.08. The highest BCUT2D eigenvalue weighted by Gasteiger charge is 2.24. The van der Waals surface area contributed by atoms with Crippen molar-refractivity contribution in [1.82, 2.24) is 29.6 Å². The Hall–Kier alpha value is -3.10. The van der Waals surface area contributed by atoms with Crippen LogP contribution in [-0.4, -0.2) is 61.7 Å². The van der Waals surface area contributed by atoms with Crippen LogP contribution in [0.3, 0.4) is 0 Å². The molecule has 1 amide bonds. The van der Waals surface area contributed by atoms with Crippen molar-refractivity contribution < 1.29 is 9.18 Å². The van der Waals surface area contributed by atoms with E-state index in [0.29, 0.717) is 26.2 Å². The number of anilines is 1. The Morgan fingerprint density at radius 2 is 1.92 bits per heavy atom. The largest absolute Gasteiger partial charge is 0.352 e. The van der Waals surface area contributed by atoms with Gasteiger partial charge in [0, 0.05) is 39.4 Å². The topological polar surface area (TPSA) is 80.0 Å². The average Bonchev–Trinajstić information content (AvgIpc) is 3.03. The number of rotatable bonds is 2. The molecule has 25 heavy (non-hydrogen) atoms. The number of nitrogens with zero attached hydrogens (tertiary/aromatic N) is 7. The van der Waals surface area contributed by atoms with Crippen LogP contribution < -0.4 is 4.90 Å². The van der Waals surface area contributed by atoms with Gasteiger partial charge in [-0.1, -0.05) is 0 Å². The van der Waals surface area contributed by atoms with Gasteiger partial charge in [0.05, 0.1) is 23.3 Å². The Labute approximate surface area is 142 Å². The van der Waals surface area contributed by atoms with Gasteiger partial charge in [0.25, 0.3) is 5.91 Å². The van der Waals surface area contributed by atoms with E-state index in [9.17, 15) is 9.18 Å². The monoisotopic (exact) mass is 341 g/mol. The lowest BCUT2D eigenvalue weighted by Gasteiger charge is -2.35. The first kappa shape index (κ1) is 15.4. The summed E-state index contributed by atoms with van der Waals surface area (Å²) in [6, 6.07) is 1.21. The molecule has 0 unspecified atom stereocenters. The van der Waals surface area contributed by atoms with Crippen molar-refractivity contribution in [3.8, 4) is 0 Å². The zero-order valence-corrected chi connectivity index (χ0v) is 13.6. The van der Waals surface area contributed by atoms with Gasteiger partial charge in [-0.15, -0.1) is 0 Å². The summed E-state index contributed by atoms with van der Waals surface area (Å²) in [5.74, 6) is 0.0999. The third kappa shape index (κ3) is 2.77. The first-order valence-corrected chi connectivity index (χ1v) is 7.91. The number of piperazine rings is 1. The SMILES string of the molecule is Cn1ncc2c(N3CCN(C(=O)c4cncc(F)c4)CC3)ncnc21. The number of aryl methyl sites for hydroxylation is 1. The van der Waals surface area contributed by atoms with E-state index in [0.717, 1.165) is 23.0 Å². The number of amides is 1. The van der Waals surface area contributed by atoms with Gasteiger partial charge < -0.3 is 9.80 Å². The van der Waals surface area contributed by atoms with E-state index in [1.807, 2.05) is 7.05 Å². The molecular formula is C16H16FN7O. The highest BCUT2D eigenvalue weighted by atomic mass is 19.1. The number of fused-ring (bicyclic) bond motifs is 1. The average molecular weight is 341 g/mol. The number of carbonyl (C=O) groups excluding carboxylic acids is 1. The quantitative estimate of drug-likeness (QED) is 0.688. The Balaban J connectivity index is 1.50. The molecule has 0 atom stereocenters. The molecule has 4 heterocycles. The van der Waals surface area contributed by atoms with E-state index < -0.39 is 5.82 Å². The normalized spacial score (nSPS) is 15.0. The van der Waals surface area contributed by atoms with Gasteiger partial charge >= 0.3 is 0 Å². The lowest BCUT2D eigenvalue weighted by atomic mass is 10.2. The van der Waals surface area contributed by atoms with Crippen LogP contribution in [0, 0.1) is 5.82 Å². The minimum atomic E-state index is -0.510. The molecule has 0 N–H and O–H groups in total. The van der Waals surface area contributed by atoms with Crippen molar-refractivity contribution in [2.24, 2.45) is 7.05 Å². The summed E-state index contributed by atoms with van der Waals surface area (Å²) in [6.07, 6.45) is 5.75. The Kier molecular flexibility index (Phi) is 3.75. The first-order chi connectivity index (χ1) is 12.1. The maximum absolute atomic E-state index is 13.3. The number of hydrogen-bond donors (Lipinski definition) is 0. The summed E-state index contributed by atoms with van der Waals surface area (Å²) in [7, 11) is 1.84. The van der Waals surface area contributed by atoms with Crippen molar-refractivity contribution in [3.63, 3.8) is 0 Å². The van der Waals surface area contributed by atoms with Crippen molar-refractivity contribution in [3.05, 3.63) is 42.4 Å². The van der Waals surface area contributed by atoms with Gasteiger partial charge in [0.1, 0.15) is 18.0 Å². The Morgan fingerprint density at radius 3 is 2.68 bits per heavy atom. The fourth-order valence-corrected chi connectivity index (χ4v) is 3.03. The molecule has 9 heteroatoms. The summed E-state index contributed by atoms with van der Waals surface area (Å²) >= 11 is 0. The number of halogens is 1. The summed E-state index contributed by atoms with van der Waals surface area (Å²) < 4.78 is 15.0. The molecule has 4 rings (SSSR count). The lowest BCUT2D eigenvalue weighted by molar-refractivity contribution is 0.0745. The number of aromatic nitrogens is 5. The smallest absolute Gasteiger partial charge is 0.255 e. The third-order valence-electron chi connectivity index (χ3n) is 4.33. The molecule has 0 bridgehead atoms. The second-order valence-electron chi connectivity index (χ2n) is 5.87. The Morgan fingerprint density at radius 1 is 1.12 bits per heavy atom. The minimum Gasteiger partial charge on any atom is -0.352 e. The zero-order chi connectivity index (χ0) is 17.4. The highest BCUT2D eigenvalue weighted by molar-refractivity contribution is 5.94. The number of carbonyl (C=O) groups is 1. The van der Waals surface area contributed by atoms with E-state index in [-0.39, 0.29) is 11.5 Å². The fourth-order valence-electron chi connectivity index (χ4n) is 3.03. The molecular weight excluding hydrogens is 325 g/mol. The first-order valence-electron chi connectivity index (χ1n) is 7.91. The van der Waals surface area contributed by atoms with Crippen molar-refractivity contribution >= 4 is 22.8 Å². The van der Waals surface area contributed by atoms with Gasteiger partial charge in [0.15, 0.2) is 5.65 Å². The van der Waals surface area contributed by atoms with Crippen LogP contribution in [0.15, 0.2) is 31.0 Å². The minimum absolute atomic E-state index is 0.208. The summed E-state index contributed by atoms with van der Waals surface area (Å²) in [4.78, 5) is 28.7. The van der Waals surface area contributed by atoms with E-state index in [4.69, 9.17) is 0 Å². The molecule has 1 aliphatic heterocycles. The van der Waals surface area contributed by atoms with E-state index >= 15 is 0 Å². The van der Waals surface area contributed by atoms with E-state index in [1.54, 1.807) is 15.8 Å². The van der Waals surface area contributed by atoms with Crippen LogP contribution in [0.1, 0.15) is 10.4 Å². The molecule has 1 saturated heterocycles.